The van der Waals surface area contributed by atoms with Gasteiger partial charge >= 0.3 is 0 Å². The average Bonchev–Trinajstić information content (AvgIpc) is 2.37. The second kappa shape index (κ2) is 6.66. The molecule has 0 heterocycles. The molecule has 0 saturated heterocycles. The fraction of sp³-hybridized carbons (Fsp3) is 0.368. The molecule has 112 valence electrons. The van der Waals surface area contributed by atoms with Crippen molar-refractivity contribution in [3.05, 3.63) is 48.0 Å². The van der Waals surface area contributed by atoms with E-state index in [9.17, 15) is 0 Å². The maximum atomic E-state index is 6.02. The first kappa shape index (κ1) is 15.4. The van der Waals surface area contributed by atoms with Gasteiger partial charge in [0.05, 0.1) is 12.2 Å². The molecule has 0 aromatic heterocycles. The minimum atomic E-state index is 0.126. The third kappa shape index (κ3) is 4.01. The van der Waals surface area contributed by atoms with Crippen molar-refractivity contribution in [2.75, 3.05) is 0 Å². The summed E-state index contributed by atoms with van der Waals surface area (Å²) in [6.45, 7) is 10.2. The fourth-order valence-corrected chi connectivity index (χ4v) is 2.38. The lowest BCUT2D eigenvalue weighted by Gasteiger charge is -2.19. The highest BCUT2D eigenvalue weighted by atomic mass is 16.5. The Morgan fingerprint density at radius 2 is 1.43 bits per heavy atom. The van der Waals surface area contributed by atoms with Crippen molar-refractivity contribution in [2.24, 2.45) is 0 Å². The van der Waals surface area contributed by atoms with Crippen LogP contribution in [0.3, 0.4) is 0 Å². The van der Waals surface area contributed by atoms with E-state index in [0.717, 1.165) is 22.6 Å². The molecule has 0 unspecified atom stereocenters. The van der Waals surface area contributed by atoms with Crippen LogP contribution in [0.25, 0.3) is 11.1 Å². The van der Waals surface area contributed by atoms with E-state index in [4.69, 9.17) is 9.47 Å². The Balaban J connectivity index is 2.52. The van der Waals surface area contributed by atoms with Gasteiger partial charge in [-0.2, -0.15) is 0 Å². The number of hydrogen-bond donors (Lipinski definition) is 0. The molecule has 0 N–H and O–H groups in total. The zero-order valence-electron chi connectivity index (χ0n) is 13.5. The maximum absolute atomic E-state index is 6.02. The van der Waals surface area contributed by atoms with Crippen molar-refractivity contribution in [1.82, 2.24) is 0 Å². The summed E-state index contributed by atoms with van der Waals surface area (Å²) in [7, 11) is 0. The lowest BCUT2D eigenvalue weighted by Crippen LogP contribution is -2.09. The normalized spacial score (nSPS) is 11.0. The third-order valence-corrected chi connectivity index (χ3v) is 3.07. The SMILES string of the molecule is Cc1cc(OC(C)C)cc(OC(C)C)c1-c1ccccc1. The molecule has 0 spiro atoms. The predicted molar refractivity (Wildman–Crippen MR) is 88.1 cm³/mol. The van der Waals surface area contributed by atoms with Crippen LogP contribution in [0.2, 0.25) is 0 Å². The highest BCUT2D eigenvalue weighted by molar-refractivity contribution is 5.75. The van der Waals surface area contributed by atoms with E-state index >= 15 is 0 Å². The Labute approximate surface area is 127 Å². The van der Waals surface area contributed by atoms with Gasteiger partial charge in [0.2, 0.25) is 0 Å². The fourth-order valence-electron chi connectivity index (χ4n) is 2.38. The first-order valence-corrected chi connectivity index (χ1v) is 7.50. The summed E-state index contributed by atoms with van der Waals surface area (Å²) >= 11 is 0. The monoisotopic (exact) mass is 284 g/mol. The molecule has 0 bridgehead atoms. The molecule has 0 aliphatic carbocycles. The van der Waals surface area contributed by atoms with Crippen LogP contribution in [0.5, 0.6) is 11.5 Å². The quantitative estimate of drug-likeness (QED) is 0.748. The number of benzene rings is 2. The van der Waals surface area contributed by atoms with Gasteiger partial charge in [-0.15, -0.1) is 0 Å². The molecular weight excluding hydrogens is 260 g/mol. The molecule has 2 aromatic carbocycles. The molecule has 0 aliphatic rings. The van der Waals surface area contributed by atoms with E-state index in [0.29, 0.717) is 0 Å². The molecule has 2 aromatic rings. The molecule has 0 radical (unpaired) electrons. The van der Waals surface area contributed by atoms with Crippen LogP contribution >= 0.6 is 0 Å². The Morgan fingerprint density at radius 1 is 0.810 bits per heavy atom. The van der Waals surface area contributed by atoms with Gasteiger partial charge in [0.1, 0.15) is 11.5 Å². The highest BCUT2D eigenvalue weighted by Gasteiger charge is 2.14. The van der Waals surface area contributed by atoms with Gasteiger partial charge in [-0.1, -0.05) is 30.3 Å². The summed E-state index contributed by atoms with van der Waals surface area (Å²) in [6.07, 6.45) is 0.278. The van der Waals surface area contributed by atoms with Gasteiger partial charge in [-0.05, 0) is 51.8 Å². The number of rotatable bonds is 5. The lowest BCUT2D eigenvalue weighted by molar-refractivity contribution is 0.229. The van der Waals surface area contributed by atoms with E-state index < -0.39 is 0 Å². The topological polar surface area (TPSA) is 18.5 Å². The summed E-state index contributed by atoms with van der Waals surface area (Å²) in [5.41, 5.74) is 3.47. The second-order valence-corrected chi connectivity index (χ2v) is 5.81. The number of hydrogen-bond acceptors (Lipinski definition) is 2. The Kier molecular flexibility index (Phi) is 4.89. The lowest BCUT2D eigenvalue weighted by atomic mass is 9.99. The van der Waals surface area contributed by atoms with Crippen molar-refractivity contribution in [3.8, 4) is 22.6 Å². The first-order valence-electron chi connectivity index (χ1n) is 7.50. The van der Waals surface area contributed by atoms with Crippen LogP contribution in [-0.4, -0.2) is 12.2 Å². The van der Waals surface area contributed by atoms with E-state index in [-0.39, 0.29) is 12.2 Å². The molecule has 2 heteroatoms. The van der Waals surface area contributed by atoms with Crippen LogP contribution in [0.15, 0.2) is 42.5 Å². The van der Waals surface area contributed by atoms with Gasteiger partial charge in [0.25, 0.3) is 0 Å². The minimum absolute atomic E-state index is 0.126. The number of aryl methyl sites for hydroxylation is 1. The second-order valence-electron chi connectivity index (χ2n) is 5.81. The molecule has 0 amide bonds. The van der Waals surface area contributed by atoms with Crippen LogP contribution < -0.4 is 9.47 Å². The Morgan fingerprint density at radius 3 is 2.00 bits per heavy atom. The van der Waals surface area contributed by atoms with Crippen LogP contribution in [0.4, 0.5) is 0 Å². The van der Waals surface area contributed by atoms with Crippen LogP contribution in [0.1, 0.15) is 33.3 Å². The van der Waals surface area contributed by atoms with E-state index in [2.05, 4.69) is 25.1 Å². The van der Waals surface area contributed by atoms with Crippen molar-refractivity contribution in [1.29, 1.82) is 0 Å². The smallest absolute Gasteiger partial charge is 0.131 e. The third-order valence-electron chi connectivity index (χ3n) is 3.07. The molecule has 0 atom stereocenters. The molecule has 2 nitrogen and oxygen atoms in total. The van der Waals surface area contributed by atoms with Crippen molar-refractivity contribution < 1.29 is 9.47 Å². The molecule has 0 fully saturated rings. The molecule has 2 rings (SSSR count). The zero-order chi connectivity index (χ0) is 15.4. The first-order chi connectivity index (χ1) is 9.97. The van der Waals surface area contributed by atoms with Gasteiger partial charge in [-0.3, -0.25) is 0 Å². The highest BCUT2D eigenvalue weighted by Crippen LogP contribution is 2.37. The Bertz CT molecular complexity index is 586. The molecule has 21 heavy (non-hydrogen) atoms. The molecular formula is C19H24O2. The van der Waals surface area contributed by atoms with Crippen molar-refractivity contribution in [3.63, 3.8) is 0 Å². The van der Waals surface area contributed by atoms with Gasteiger partial charge < -0.3 is 9.47 Å². The summed E-state index contributed by atoms with van der Waals surface area (Å²) in [4.78, 5) is 0. The largest absolute Gasteiger partial charge is 0.491 e. The van der Waals surface area contributed by atoms with Gasteiger partial charge in [-0.25, -0.2) is 0 Å². The van der Waals surface area contributed by atoms with Gasteiger partial charge in [0, 0.05) is 11.6 Å². The van der Waals surface area contributed by atoms with Crippen LogP contribution in [0, 0.1) is 6.92 Å². The molecule has 0 aliphatic heterocycles. The molecule has 0 saturated carbocycles. The zero-order valence-corrected chi connectivity index (χ0v) is 13.5. The maximum Gasteiger partial charge on any atom is 0.131 e. The summed E-state index contributed by atoms with van der Waals surface area (Å²) in [6, 6.07) is 14.4. The van der Waals surface area contributed by atoms with E-state index in [1.54, 1.807) is 0 Å². The van der Waals surface area contributed by atoms with Crippen molar-refractivity contribution in [2.45, 2.75) is 46.8 Å². The number of ether oxygens (including phenoxy) is 2. The average molecular weight is 284 g/mol. The van der Waals surface area contributed by atoms with E-state index in [1.165, 1.54) is 5.56 Å². The summed E-state index contributed by atoms with van der Waals surface area (Å²) < 4.78 is 11.9. The van der Waals surface area contributed by atoms with Crippen molar-refractivity contribution >= 4 is 0 Å². The summed E-state index contributed by atoms with van der Waals surface area (Å²) in [5, 5.41) is 0. The minimum Gasteiger partial charge on any atom is -0.491 e. The van der Waals surface area contributed by atoms with Gasteiger partial charge in [0.15, 0.2) is 0 Å². The van der Waals surface area contributed by atoms with E-state index in [1.807, 2.05) is 52.0 Å². The van der Waals surface area contributed by atoms with Crippen LogP contribution in [-0.2, 0) is 0 Å². The standard InChI is InChI=1S/C19H24O2/c1-13(2)20-17-11-15(5)19(16-9-7-6-8-10-16)18(12-17)21-14(3)4/h6-14H,1-5H3. The summed E-state index contributed by atoms with van der Waals surface area (Å²) in [5.74, 6) is 1.74. The Hall–Kier alpha value is -1.96. The predicted octanol–water partition coefficient (Wildman–Crippen LogP) is 5.24.